The van der Waals surface area contributed by atoms with Gasteiger partial charge >= 0.3 is 0 Å². The Morgan fingerprint density at radius 2 is 1.80 bits per heavy atom. The zero-order valence-corrected chi connectivity index (χ0v) is 12.9. The molecule has 3 nitrogen and oxygen atoms in total. The van der Waals surface area contributed by atoms with E-state index in [1.807, 2.05) is 24.3 Å². The number of aliphatic hydroxyl groups is 1. The number of carbonyl (C=O) groups is 1. The molecule has 0 spiro atoms. The van der Waals surface area contributed by atoms with E-state index in [0.717, 1.165) is 18.4 Å². The van der Waals surface area contributed by atoms with Crippen LogP contribution in [0.3, 0.4) is 0 Å². The van der Waals surface area contributed by atoms with Gasteiger partial charge in [0.15, 0.2) is 0 Å². The van der Waals surface area contributed by atoms with Crippen molar-refractivity contribution in [3.63, 3.8) is 0 Å². The van der Waals surface area contributed by atoms with Crippen molar-refractivity contribution in [3.05, 3.63) is 35.4 Å². The first-order chi connectivity index (χ1) is 9.56. The van der Waals surface area contributed by atoms with Gasteiger partial charge in [0, 0.05) is 13.0 Å². The topological polar surface area (TPSA) is 49.3 Å². The first kappa shape index (κ1) is 16.7. The summed E-state index contributed by atoms with van der Waals surface area (Å²) < 4.78 is 0. The van der Waals surface area contributed by atoms with Crippen LogP contribution in [0, 0.1) is 11.8 Å². The third-order valence-corrected chi connectivity index (χ3v) is 3.86. The molecule has 0 heterocycles. The van der Waals surface area contributed by atoms with Crippen molar-refractivity contribution in [1.29, 1.82) is 0 Å². The van der Waals surface area contributed by atoms with E-state index in [1.165, 1.54) is 5.56 Å². The molecule has 0 bridgehead atoms. The molecule has 0 fully saturated rings. The van der Waals surface area contributed by atoms with Crippen molar-refractivity contribution in [2.45, 2.75) is 46.6 Å². The van der Waals surface area contributed by atoms with Crippen LogP contribution in [-0.2, 0) is 17.8 Å². The first-order valence-corrected chi connectivity index (χ1v) is 7.52. The lowest BCUT2D eigenvalue weighted by Crippen LogP contribution is -2.28. The van der Waals surface area contributed by atoms with Crippen molar-refractivity contribution < 1.29 is 9.90 Å². The molecule has 1 atom stereocenters. The minimum atomic E-state index is 0.0740. The normalized spacial score (nSPS) is 12.4. The van der Waals surface area contributed by atoms with Crippen LogP contribution in [0.4, 0.5) is 0 Å². The number of rotatable bonds is 8. The molecule has 112 valence electrons. The molecule has 1 unspecified atom stereocenters. The maximum absolute atomic E-state index is 11.9. The van der Waals surface area contributed by atoms with Crippen LogP contribution in [0.1, 0.15) is 44.7 Å². The molecule has 0 saturated heterocycles. The number of aliphatic hydroxyl groups excluding tert-OH is 1. The van der Waals surface area contributed by atoms with Crippen LogP contribution in [0.5, 0.6) is 0 Å². The van der Waals surface area contributed by atoms with Crippen molar-refractivity contribution in [2.75, 3.05) is 6.54 Å². The fraction of sp³-hybridized carbons (Fsp3) is 0.588. The van der Waals surface area contributed by atoms with Crippen LogP contribution in [0.25, 0.3) is 0 Å². The van der Waals surface area contributed by atoms with Gasteiger partial charge in [-0.3, -0.25) is 4.79 Å². The molecule has 0 saturated carbocycles. The second-order valence-electron chi connectivity index (χ2n) is 5.69. The van der Waals surface area contributed by atoms with Gasteiger partial charge in [-0.05, 0) is 29.4 Å². The largest absolute Gasteiger partial charge is 0.392 e. The van der Waals surface area contributed by atoms with E-state index in [4.69, 9.17) is 5.11 Å². The van der Waals surface area contributed by atoms with Gasteiger partial charge in [-0.2, -0.15) is 0 Å². The van der Waals surface area contributed by atoms with Crippen molar-refractivity contribution in [3.8, 4) is 0 Å². The summed E-state index contributed by atoms with van der Waals surface area (Å²) in [7, 11) is 0. The smallest absolute Gasteiger partial charge is 0.220 e. The minimum Gasteiger partial charge on any atom is -0.392 e. The van der Waals surface area contributed by atoms with Gasteiger partial charge in [0.2, 0.25) is 5.91 Å². The van der Waals surface area contributed by atoms with E-state index < -0.39 is 0 Å². The van der Waals surface area contributed by atoms with Gasteiger partial charge in [-0.25, -0.2) is 0 Å². The summed E-state index contributed by atoms with van der Waals surface area (Å²) in [6.45, 7) is 7.23. The maximum atomic E-state index is 11.9. The molecule has 0 radical (unpaired) electrons. The van der Waals surface area contributed by atoms with Crippen LogP contribution in [0.15, 0.2) is 24.3 Å². The summed E-state index contributed by atoms with van der Waals surface area (Å²) in [5, 5.41) is 12.0. The van der Waals surface area contributed by atoms with Crippen LogP contribution in [0.2, 0.25) is 0 Å². The van der Waals surface area contributed by atoms with Crippen LogP contribution >= 0.6 is 0 Å². The Bertz CT molecular complexity index is 398. The summed E-state index contributed by atoms with van der Waals surface area (Å²) in [6, 6.07) is 7.84. The molecular formula is C17H27NO2. The molecule has 20 heavy (non-hydrogen) atoms. The Balaban J connectivity index is 2.30. The van der Waals surface area contributed by atoms with E-state index in [0.29, 0.717) is 24.8 Å². The first-order valence-electron chi connectivity index (χ1n) is 7.52. The third kappa shape index (κ3) is 5.74. The highest BCUT2D eigenvalue weighted by atomic mass is 16.3. The molecule has 1 aromatic rings. The zero-order valence-electron chi connectivity index (χ0n) is 12.9. The fourth-order valence-electron chi connectivity index (χ4n) is 2.32. The Hall–Kier alpha value is -1.35. The molecule has 1 amide bonds. The average molecular weight is 277 g/mol. The highest BCUT2D eigenvalue weighted by Crippen LogP contribution is 2.18. The summed E-state index contributed by atoms with van der Waals surface area (Å²) in [5.41, 5.74) is 2.10. The molecule has 0 aliphatic rings. The van der Waals surface area contributed by atoms with Crippen LogP contribution in [-0.4, -0.2) is 17.6 Å². The van der Waals surface area contributed by atoms with E-state index in [2.05, 4.69) is 26.1 Å². The lowest BCUT2D eigenvalue weighted by Gasteiger charge is -2.18. The van der Waals surface area contributed by atoms with Gasteiger partial charge in [-0.1, -0.05) is 51.5 Å². The molecule has 2 N–H and O–H groups in total. The minimum absolute atomic E-state index is 0.0740. The summed E-state index contributed by atoms with van der Waals surface area (Å²) in [5.74, 6) is 1.17. The lowest BCUT2D eigenvalue weighted by molar-refractivity contribution is -0.122. The van der Waals surface area contributed by atoms with Gasteiger partial charge < -0.3 is 10.4 Å². The third-order valence-electron chi connectivity index (χ3n) is 3.86. The number of carbonyl (C=O) groups excluding carboxylic acids is 1. The molecule has 0 aliphatic carbocycles. The Morgan fingerprint density at radius 1 is 1.20 bits per heavy atom. The number of amides is 1. The Morgan fingerprint density at radius 3 is 2.30 bits per heavy atom. The Kier molecular flexibility index (Phi) is 7.31. The average Bonchev–Trinajstić information content (AvgIpc) is 2.45. The van der Waals surface area contributed by atoms with Gasteiger partial charge in [0.05, 0.1) is 6.61 Å². The summed E-state index contributed by atoms with van der Waals surface area (Å²) in [6.07, 6.45) is 2.50. The second-order valence-corrected chi connectivity index (χ2v) is 5.69. The highest BCUT2D eigenvalue weighted by molar-refractivity contribution is 5.76. The Labute approximate surface area is 122 Å². The quantitative estimate of drug-likeness (QED) is 0.767. The second kappa shape index (κ2) is 8.75. The van der Waals surface area contributed by atoms with E-state index in [1.54, 1.807) is 0 Å². The van der Waals surface area contributed by atoms with E-state index in [9.17, 15) is 4.79 Å². The van der Waals surface area contributed by atoms with Gasteiger partial charge in [0.25, 0.3) is 0 Å². The lowest BCUT2D eigenvalue weighted by atomic mass is 9.90. The summed E-state index contributed by atoms with van der Waals surface area (Å²) in [4.78, 5) is 11.9. The molecule has 0 aromatic heterocycles. The number of hydrogen-bond donors (Lipinski definition) is 2. The molecule has 0 aliphatic heterocycles. The fourth-order valence-corrected chi connectivity index (χ4v) is 2.32. The number of nitrogens with one attached hydrogen (secondary N) is 1. The highest BCUT2D eigenvalue weighted by Gasteiger charge is 2.15. The van der Waals surface area contributed by atoms with Gasteiger partial charge in [0.1, 0.15) is 0 Å². The number of hydrogen-bond acceptors (Lipinski definition) is 2. The summed E-state index contributed by atoms with van der Waals surface area (Å²) >= 11 is 0. The molecule has 1 rings (SSSR count). The van der Waals surface area contributed by atoms with E-state index in [-0.39, 0.29) is 12.5 Å². The standard InChI is InChI=1S/C17H27NO2/c1-4-16(13(2)3)11-17(20)18-10-9-14-5-7-15(12-19)8-6-14/h5-8,13,16,19H,4,9-12H2,1-3H3,(H,18,20). The molecule has 1 aromatic carbocycles. The van der Waals surface area contributed by atoms with Crippen molar-refractivity contribution >= 4 is 5.91 Å². The van der Waals surface area contributed by atoms with Gasteiger partial charge in [-0.15, -0.1) is 0 Å². The molecular weight excluding hydrogens is 250 g/mol. The van der Waals surface area contributed by atoms with Crippen molar-refractivity contribution in [2.24, 2.45) is 11.8 Å². The predicted octanol–water partition coefficient (Wildman–Crippen LogP) is 2.91. The van der Waals surface area contributed by atoms with E-state index >= 15 is 0 Å². The molecule has 3 heteroatoms. The number of benzene rings is 1. The van der Waals surface area contributed by atoms with Crippen LogP contribution < -0.4 is 5.32 Å². The zero-order chi connectivity index (χ0) is 15.0. The predicted molar refractivity (Wildman–Crippen MR) is 82.3 cm³/mol. The monoisotopic (exact) mass is 277 g/mol. The maximum Gasteiger partial charge on any atom is 0.220 e. The SMILES string of the molecule is CCC(CC(=O)NCCc1ccc(CO)cc1)C(C)C. The van der Waals surface area contributed by atoms with Crippen molar-refractivity contribution in [1.82, 2.24) is 5.32 Å².